The standard InChI is InChI=1S/C34H47F3O.2C4H6O2.CH4O/c1-4-5-6-7-28-16-19-31(34(37)33(28)36)30-18-17-29(21-32(30)35)27-14-12-26(13-15-27)25-10-8-24(9-11-25)20-23(2)22-38-3;2*1-4(2-5)3-6;1-2/h16-19,21,23-27H,4-15,20,22H2,1-3H3;2*2,6H,1,3H2;2H,1H3. The number of hydrogen-bond acceptors (Lipinski definition) is 6. The number of aldehydes is 2. The van der Waals surface area contributed by atoms with E-state index in [0.29, 0.717) is 36.4 Å². The average molecular weight is 733 g/mol. The fourth-order valence-corrected chi connectivity index (χ4v) is 7.38. The van der Waals surface area contributed by atoms with Gasteiger partial charge in [-0.3, -0.25) is 9.59 Å². The second kappa shape index (κ2) is 26.6. The van der Waals surface area contributed by atoms with Crippen LogP contribution in [0.3, 0.4) is 0 Å². The average Bonchev–Trinajstić information content (AvgIpc) is 3.18. The third kappa shape index (κ3) is 15.9. The number of hydrogen-bond donors (Lipinski definition) is 3. The largest absolute Gasteiger partial charge is 0.400 e. The molecule has 3 N–H and O–H groups in total. The monoisotopic (exact) mass is 732 g/mol. The lowest BCUT2D eigenvalue weighted by molar-refractivity contribution is -0.106. The Morgan fingerprint density at radius 2 is 1.37 bits per heavy atom. The zero-order valence-corrected chi connectivity index (χ0v) is 31.9. The topological polar surface area (TPSA) is 104 Å². The summed E-state index contributed by atoms with van der Waals surface area (Å²) >= 11 is 0. The minimum absolute atomic E-state index is 0.0155. The van der Waals surface area contributed by atoms with Gasteiger partial charge in [0.2, 0.25) is 0 Å². The maximum absolute atomic E-state index is 15.2. The fraction of sp³-hybridized carbons (Fsp3) is 0.581. The number of benzene rings is 2. The van der Waals surface area contributed by atoms with Crippen LogP contribution in [0.5, 0.6) is 0 Å². The molecular weight excluding hydrogens is 669 g/mol. The van der Waals surface area contributed by atoms with E-state index in [1.54, 1.807) is 25.3 Å². The van der Waals surface area contributed by atoms with E-state index in [1.807, 2.05) is 6.07 Å². The molecule has 2 aliphatic carbocycles. The summed E-state index contributed by atoms with van der Waals surface area (Å²) in [6, 6.07) is 8.31. The van der Waals surface area contributed by atoms with E-state index in [1.165, 1.54) is 51.0 Å². The molecule has 0 aromatic heterocycles. The summed E-state index contributed by atoms with van der Waals surface area (Å²) < 4.78 is 50.1. The first-order valence-electron chi connectivity index (χ1n) is 18.7. The van der Waals surface area contributed by atoms with Crippen LogP contribution in [0.15, 0.2) is 54.6 Å². The summed E-state index contributed by atoms with van der Waals surface area (Å²) in [5.41, 5.74) is 1.97. The highest BCUT2D eigenvalue weighted by Gasteiger charge is 2.32. The molecule has 292 valence electrons. The first kappa shape index (κ1) is 46.9. The lowest BCUT2D eigenvalue weighted by atomic mass is 9.67. The number of unbranched alkanes of at least 4 members (excludes halogenated alkanes) is 2. The number of carbonyl (C=O) groups is 2. The number of aliphatic hydroxyl groups excluding tert-OH is 3. The number of methoxy groups -OCH3 is 1. The van der Waals surface area contributed by atoms with Crippen LogP contribution in [0.2, 0.25) is 0 Å². The molecule has 0 radical (unpaired) electrons. The van der Waals surface area contributed by atoms with Crippen molar-refractivity contribution in [3.8, 4) is 11.1 Å². The molecule has 2 aliphatic rings. The zero-order chi connectivity index (χ0) is 39.1. The second-order valence-corrected chi connectivity index (χ2v) is 14.2. The molecular formula is C43H63F3O6. The Hall–Kier alpha value is -3.11. The minimum Gasteiger partial charge on any atom is -0.400 e. The van der Waals surface area contributed by atoms with E-state index in [2.05, 4.69) is 27.0 Å². The van der Waals surface area contributed by atoms with Crippen LogP contribution in [0, 0.1) is 41.1 Å². The molecule has 6 nitrogen and oxygen atoms in total. The molecule has 0 amide bonds. The van der Waals surface area contributed by atoms with Gasteiger partial charge in [0.1, 0.15) is 18.4 Å². The third-order valence-corrected chi connectivity index (χ3v) is 10.2. The number of halogens is 3. The molecule has 1 unspecified atom stereocenters. The summed E-state index contributed by atoms with van der Waals surface area (Å²) in [6.45, 7) is 11.1. The highest BCUT2D eigenvalue weighted by atomic mass is 19.2. The van der Waals surface area contributed by atoms with E-state index in [4.69, 9.17) is 20.1 Å². The smallest absolute Gasteiger partial charge is 0.167 e. The van der Waals surface area contributed by atoms with Crippen LogP contribution in [-0.2, 0) is 20.7 Å². The summed E-state index contributed by atoms with van der Waals surface area (Å²) in [4.78, 5) is 19.0. The predicted molar refractivity (Wildman–Crippen MR) is 204 cm³/mol. The van der Waals surface area contributed by atoms with E-state index >= 15 is 4.39 Å². The fourth-order valence-electron chi connectivity index (χ4n) is 7.38. The predicted octanol–water partition coefficient (Wildman–Crippen LogP) is 9.33. The van der Waals surface area contributed by atoms with Crippen LogP contribution >= 0.6 is 0 Å². The number of aryl methyl sites for hydroxylation is 1. The molecule has 2 fully saturated rings. The van der Waals surface area contributed by atoms with Crippen LogP contribution in [0.4, 0.5) is 13.2 Å². The van der Waals surface area contributed by atoms with Crippen LogP contribution in [0.1, 0.15) is 108 Å². The molecule has 52 heavy (non-hydrogen) atoms. The van der Waals surface area contributed by atoms with Gasteiger partial charge < -0.3 is 20.1 Å². The van der Waals surface area contributed by atoms with Gasteiger partial charge in [-0.1, -0.05) is 77.0 Å². The Kier molecular flexibility index (Phi) is 24.0. The number of rotatable bonds is 15. The number of aliphatic hydroxyl groups is 3. The summed E-state index contributed by atoms with van der Waals surface area (Å²) in [5.74, 6) is 1.26. The second-order valence-electron chi connectivity index (χ2n) is 14.2. The number of carbonyl (C=O) groups excluding carboxylic acids is 2. The van der Waals surface area contributed by atoms with E-state index in [9.17, 15) is 18.4 Å². The van der Waals surface area contributed by atoms with Gasteiger partial charge in [-0.25, -0.2) is 13.2 Å². The Labute approximate surface area is 310 Å². The highest BCUT2D eigenvalue weighted by Crippen LogP contribution is 2.45. The maximum atomic E-state index is 15.2. The quantitative estimate of drug-likeness (QED) is 0.0958. The molecule has 0 spiro atoms. The normalized spacial score (nSPS) is 20.0. The van der Waals surface area contributed by atoms with Crippen molar-refractivity contribution in [1.82, 2.24) is 0 Å². The van der Waals surface area contributed by atoms with Gasteiger partial charge in [0, 0.05) is 43.1 Å². The number of ether oxygens (including phenoxy) is 1. The van der Waals surface area contributed by atoms with Gasteiger partial charge in [0.25, 0.3) is 0 Å². The Morgan fingerprint density at radius 3 is 1.83 bits per heavy atom. The SMILES string of the molecule is C=C(C=O)CO.C=C(C=O)CO.CCCCCc1ccc(-c2ccc(C3CCC(C4CCC(CC(C)COC)CC4)CC3)cc2F)c(F)c1F.CO. The van der Waals surface area contributed by atoms with Crippen molar-refractivity contribution in [3.05, 3.63) is 83.2 Å². The third-order valence-electron chi connectivity index (χ3n) is 10.2. The highest BCUT2D eigenvalue weighted by molar-refractivity contribution is 5.72. The molecule has 0 heterocycles. The molecule has 4 rings (SSSR count). The van der Waals surface area contributed by atoms with Crippen molar-refractivity contribution in [2.75, 3.05) is 34.0 Å². The van der Waals surface area contributed by atoms with E-state index < -0.39 is 17.5 Å². The van der Waals surface area contributed by atoms with E-state index in [0.717, 1.165) is 69.1 Å². The Morgan fingerprint density at radius 1 is 0.827 bits per heavy atom. The van der Waals surface area contributed by atoms with Gasteiger partial charge in [-0.2, -0.15) is 0 Å². The summed E-state index contributed by atoms with van der Waals surface area (Å²) in [6.07, 6.45) is 15.7. The molecule has 2 aromatic rings. The van der Waals surface area contributed by atoms with Crippen LogP contribution in [0.25, 0.3) is 11.1 Å². The van der Waals surface area contributed by atoms with Crippen molar-refractivity contribution in [1.29, 1.82) is 0 Å². The minimum atomic E-state index is -0.936. The molecule has 0 saturated heterocycles. The van der Waals surface area contributed by atoms with Crippen molar-refractivity contribution < 1.29 is 42.8 Å². The molecule has 9 heteroatoms. The molecule has 1 atom stereocenters. The van der Waals surface area contributed by atoms with Crippen LogP contribution < -0.4 is 0 Å². The lowest BCUT2D eigenvalue weighted by Gasteiger charge is -2.38. The maximum Gasteiger partial charge on any atom is 0.167 e. The van der Waals surface area contributed by atoms with Gasteiger partial charge in [-0.05, 0) is 105 Å². The van der Waals surface area contributed by atoms with Crippen molar-refractivity contribution in [2.24, 2.45) is 23.7 Å². The summed E-state index contributed by atoms with van der Waals surface area (Å²) in [7, 11) is 2.79. The van der Waals surface area contributed by atoms with Crippen LogP contribution in [-0.4, -0.2) is 61.9 Å². The lowest BCUT2D eigenvalue weighted by Crippen LogP contribution is -2.26. The van der Waals surface area contributed by atoms with E-state index in [-0.39, 0.29) is 35.5 Å². The van der Waals surface area contributed by atoms with Gasteiger partial charge >= 0.3 is 0 Å². The molecule has 2 saturated carbocycles. The molecule has 0 bridgehead atoms. The summed E-state index contributed by atoms with van der Waals surface area (Å²) in [5, 5.41) is 23.0. The van der Waals surface area contributed by atoms with Gasteiger partial charge in [-0.15, -0.1) is 0 Å². The Balaban J connectivity index is 0.000000823. The Bertz CT molecular complexity index is 1330. The first-order chi connectivity index (χ1) is 25.0. The molecule has 2 aromatic carbocycles. The first-order valence-corrected chi connectivity index (χ1v) is 18.7. The van der Waals surface area contributed by atoms with Gasteiger partial charge in [0.15, 0.2) is 11.6 Å². The van der Waals surface area contributed by atoms with Crippen molar-refractivity contribution >= 4 is 12.6 Å². The zero-order valence-electron chi connectivity index (χ0n) is 31.9. The van der Waals surface area contributed by atoms with Gasteiger partial charge in [0.05, 0.1) is 13.2 Å². The van der Waals surface area contributed by atoms with Crippen molar-refractivity contribution in [3.63, 3.8) is 0 Å². The molecule has 0 aliphatic heterocycles. The van der Waals surface area contributed by atoms with Crippen molar-refractivity contribution in [2.45, 2.75) is 103 Å².